The van der Waals surface area contributed by atoms with Crippen LogP contribution >= 0.6 is 0 Å². The number of amides is 2. The van der Waals surface area contributed by atoms with Crippen LogP contribution in [0.5, 0.6) is 0 Å². The average Bonchev–Trinajstić information content (AvgIpc) is 2.13. The number of carbonyl (C=O) groups excluding carboxylic acids is 2. The molecule has 2 amide bonds. The second kappa shape index (κ2) is 4.85. The molecule has 0 spiro atoms. The van der Waals surface area contributed by atoms with Crippen molar-refractivity contribution in [2.24, 2.45) is 11.3 Å². The van der Waals surface area contributed by atoms with Gasteiger partial charge >= 0.3 is 5.97 Å². The van der Waals surface area contributed by atoms with Crippen LogP contribution in [-0.4, -0.2) is 34.3 Å². The van der Waals surface area contributed by atoms with Gasteiger partial charge in [0.2, 0.25) is 11.8 Å². The highest BCUT2D eigenvalue weighted by molar-refractivity contribution is 5.98. The van der Waals surface area contributed by atoms with Crippen LogP contribution < -0.4 is 0 Å². The highest BCUT2D eigenvalue weighted by Crippen LogP contribution is 2.31. The lowest BCUT2D eigenvalue weighted by atomic mass is 9.81. The van der Waals surface area contributed by atoms with Crippen molar-refractivity contribution in [3.63, 3.8) is 0 Å². The van der Waals surface area contributed by atoms with Crippen molar-refractivity contribution in [1.82, 2.24) is 4.90 Å². The number of likely N-dealkylation sites (tertiary alicyclic amines) is 1. The molecule has 1 rings (SSSR count). The van der Waals surface area contributed by atoms with E-state index in [1.165, 1.54) is 4.90 Å². The molecule has 0 radical (unpaired) electrons. The van der Waals surface area contributed by atoms with Crippen molar-refractivity contribution in [1.29, 1.82) is 0 Å². The van der Waals surface area contributed by atoms with E-state index in [0.717, 1.165) is 0 Å². The Hall–Kier alpha value is -1.39. The molecule has 5 heteroatoms. The third-order valence-corrected chi connectivity index (χ3v) is 3.07. The third-order valence-electron chi connectivity index (χ3n) is 3.07. The fourth-order valence-electron chi connectivity index (χ4n) is 1.91. The standard InChI is InChI=1S/C12H19NO4/c1-8(11(16)17)4-5-13-9(14)6-12(2,3)7-10(13)15/h8H,4-7H2,1-3H3,(H,16,17). The number of imide groups is 1. The van der Waals surface area contributed by atoms with Gasteiger partial charge < -0.3 is 5.11 Å². The van der Waals surface area contributed by atoms with E-state index in [9.17, 15) is 14.4 Å². The molecule has 1 fully saturated rings. The van der Waals surface area contributed by atoms with Crippen molar-refractivity contribution < 1.29 is 19.5 Å². The van der Waals surface area contributed by atoms with Gasteiger partial charge in [0.1, 0.15) is 0 Å². The zero-order chi connectivity index (χ0) is 13.2. The largest absolute Gasteiger partial charge is 0.481 e. The number of piperidine rings is 1. The molecule has 0 aromatic heterocycles. The summed E-state index contributed by atoms with van der Waals surface area (Å²) in [6, 6.07) is 0. The van der Waals surface area contributed by atoms with Crippen LogP contribution in [0.3, 0.4) is 0 Å². The molecule has 1 aliphatic rings. The normalized spacial score (nSPS) is 21.5. The van der Waals surface area contributed by atoms with E-state index in [1.54, 1.807) is 6.92 Å². The highest BCUT2D eigenvalue weighted by Gasteiger charge is 2.37. The van der Waals surface area contributed by atoms with E-state index in [0.29, 0.717) is 19.3 Å². The summed E-state index contributed by atoms with van der Waals surface area (Å²) in [7, 11) is 0. The highest BCUT2D eigenvalue weighted by atomic mass is 16.4. The average molecular weight is 241 g/mol. The lowest BCUT2D eigenvalue weighted by Gasteiger charge is -2.34. The van der Waals surface area contributed by atoms with Crippen LogP contribution in [-0.2, 0) is 14.4 Å². The van der Waals surface area contributed by atoms with Crippen molar-refractivity contribution in [3.05, 3.63) is 0 Å². The molecular weight excluding hydrogens is 222 g/mol. The molecule has 96 valence electrons. The van der Waals surface area contributed by atoms with Gasteiger partial charge in [0, 0.05) is 19.4 Å². The number of carbonyl (C=O) groups is 3. The minimum Gasteiger partial charge on any atom is -0.481 e. The molecule has 5 nitrogen and oxygen atoms in total. The predicted octanol–water partition coefficient (Wildman–Crippen LogP) is 1.27. The molecule has 0 saturated carbocycles. The summed E-state index contributed by atoms with van der Waals surface area (Å²) in [5, 5.41) is 8.74. The Kier molecular flexibility index (Phi) is 3.91. The lowest BCUT2D eigenvalue weighted by Crippen LogP contribution is -2.46. The molecule has 0 bridgehead atoms. The van der Waals surface area contributed by atoms with Crippen molar-refractivity contribution in [2.45, 2.75) is 40.0 Å². The summed E-state index contributed by atoms with van der Waals surface area (Å²) in [6.45, 7) is 5.56. The zero-order valence-corrected chi connectivity index (χ0v) is 10.5. The molecule has 1 N–H and O–H groups in total. The summed E-state index contributed by atoms with van der Waals surface area (Å²) in [5.74, 6) is -1.82. The quantitative estimate of drug-likeness (QED) is 0.752. The molecule has 1 unspecified atom stereocenters. The number of nitrogens with zero attached hydrogens (tertiary/aromatic N) is 1. The Morgan fingerprint density at radius 2 is 1.82 bits per heavy atom. The first-order valence-corrected chi connectivity index (χ1v) is 5.79. The maximum absolute atomic E-state index is 11.8. The van der Waals surface area contributed by atoms with Crippen LogP contribution in [0, 0.1) is 11.3 Å². The fraction of sp³-hybridized carbons (Fsp3) is 0.750. The van der Waals surface area contributed by atoms with Crippen molar-refractivity contribution >= 4 is 17.8 Å². The number of hydrogen-bond donors (Lipinski definition) is 1. The molecule has 17 heavy (non-hydrogen) atoms. The SMILES string of the molecule is CC(CCN1C(=O)CC(C)(C)CC1=O)C(=O)O. The third kappa shape index (κ3) is 3.54. The second-order valence-electron chi connectivity index (χ2n) is 5.48. The molecule has 0 aromatic carbocycles. The maximum atomic E-state index is 11.8. The Balaban J connectivity index is 2.58. The summed E-state index contributed by atoms with van der Waals surface area (Å²) in [6.07, 6.45) is 1.01. The minimum atomic E-state index is -0.901. The Morgan fingerprint density at radius 3 is 2.24 bits per heavy atom. The molecular formula is C12H19NO4. The smallest absolute Gasteiger partial charge is 0.306 e. The Morgan fingerprint density at radius 1 is 1.35 bits per heavy atom. The van der Waals surface area contributed by atoms with Gasteiger partial charge in [-0.05, 0) is 11.8 Å². The summed E-state index contributed by atoms with van der Waals surface area (Å²) in [4.78, 5) is 35.4. The predicted molar refractivity (Wildman–Crippen MR) is 61.2 cm³/mol. The van der Waals surface area contributed by atoms with E-state index >= 15 is 0 Å². The zero-order valence-electron chi connectivity index (χ0n) is 10.5. The van der Waals surface area contributed by atoms with E-state index in [2.05, 4.69) is 0 Å². The van der Waals surface area contributed by atoms with Crippen LogP contribution in [0.25, 0.3) is 0 Å². The van der Waals surface area contributed by atoms with Crippen LogP contribution in [0.1, 0.15) is 40.0 Å². The first kappa shape index (κ1) is 13.7. The topological polar surface area (TPSA) is 74.7 Å². The van der Waals surface area contributed by atoms with Gasteiger partial charge in [-0.3, -0.25) is 19.3 Å². The van der Waals surface area contributed by atoms with Crippen molar-refractivity contribution in [2.75, 3.05) is 6.54 Å². The Labute approximate surface area is 101 Å². The first-order valence-electron chi connectivity index (χ1n) is 5.79. The van der Waals surface area contributed by atoms with Crippen LogP contribution in [0.4, 0.5) is 0 Å². The molecule has 1 aliphatic heterocycles. The lowest BCUT2D eigenvalue weighted by molar-refractivity contribution is -0.153. The van der Waals surface area contributed by atoms with Gasteiger partial charge in [-0.15, -0.1) is 0 Å². The molecule has 0 aliphatic carbocycles. The second-order valence-corrected chi connectivity index (χ2v) is 5.48. The van der Waals surface area contributed by atoms with Gasteiger partial charge in [-0.1, -0.05) is 20.8 Å². The molecule has 1 atom stereocenters. The van der Waals surface area contributed by atoms with Crippen LogP contribution in [0.2, 0.25) is 0 Å². The van der Waals surface area contributed by atoms with E-state index in [4.69, 9.17) is 5.11 Å². The van der Waals surface area contributed by atoms with Gasteiger partial charge in [0.25, 0.3) is 0 Å². The van der Waals surface area contributed by atoms with Crippen LogP contribution in [0.15, 0.2) is 0 Å². The van der Waals surface area contributed by atoms with Gasteiger partial charge in [-0.25, -0.2) is 0 Å². The summed E-state index contributed by atoms with van der Waals surface area (Å²) in [5.41, 5.74) is -0.275. The number of carboxylic acid groups (broad SMARTS) is 1. The van der Waals surface area contributed by atoms with E-state index in [1.807, 2.05) is 13.8 Å². The number of hydrogen-bond acceptors (Lipinski definition) is 3. The van der Waals surface area contributed by atoms with Gasteiger partial charge in [0.05, 0.1) is 5.92 Å². The molecule has 1 heterocycles. The molecule has 0 aromatic rings. The van der Waals surface area contributed by atoms with Gasteiger partial charge in [-0.2, -0.15) is 0 Å². The number of aliphatic carboxylic acids is 1. The Bertz CT molecular complexity index is 328. The first-order chi connectivity index (χ1) is 7.73. The van der Waals surface area contributed by atoms with E-state index in [-0.39, 0.29) is 23.8 Å². The summed E-state index contributed by atoms with van der Waals surface area (Å²) >= 11 is 0. The monoisotopic (exact) mass is 241 g/mol. The maximum Gasteiger partial charge on any atom is 0.306 e. The van der Waals surface area contributed by atoms with Gasteiger partial charge in [0.15, 0.2) is 0 Å². The van der Waals surface area contributed by atoms with E-state index < -0.39 is 11.9 Å². The summed E-state index contributed by atoms with van der Waals surface area (Å²) < 4.78 is 0. The molecule has 1 saturated heterocycles. The number of carboxylic acids is 1. The van der Waals surface area contributed by atoms with Crippen molar-refractivity contribution in [3.8, 4) is 0 Å². The number of rotatable bonds is 4. The fourth-order valence-corrected chi connectivity index (χ4v) is 1.91. The minimum absolute atomic E-state index is 0.191.